The number of ether oxygens (including phenoxy) is 1. The molecule has 29 heavy (non-hydrogen) atoms. The average molecular weight is 502 g/mol. The highest BCUT2D eigenvalue weighted by molar-refractivity contribution is 6.55. The van der Waals surface area contributed by atoms with Crippen molar-refractivity contribution in [1.29, 1.82) is 0 Å². The quantitative estimate of drug-likeness (QED) is 0.199. The summed E-state index contributed by atoms with van der Waals surface area (Å²) in [5.41, 5.74) is 0.716. The van der Waals surface area contributed by atoms with E-state index in [0.29, 0.717) is 16.5 Å². The second kappa shape index (κ2) is 10.9. The lowest BCUT2D eigenvalue weighted by molar-refractivity contribution is -0.0281. The van der Waals surface area contributed by atoms with Gasteiger partial charge in [0.2, 0.25) is 0 Å². The molecule has 1 heterocycles. The third kappa shape index (κ3) is 6.15. The summed E-state index contributed by atoms with van der Waals surface area (Å²) in [5, 5.41) is 5.78. The van der Waals surface area contributed by atoms with E-state index < -0.39 is 0 Å². The average Bonchev–Trinajstić information content (AvgIpc) is 3.19. The molecular weight excluding hydrogens is 476 g/mol. The molecule has 0 fully saturated rings. The Morgan fingerprint density at radius 2 is 1.52 bits per heavy atom. The number of halogens is 5. The summed E-state index contributed by atoms with van der Waals surface area (Å²) in [6.45, 7) is 6.51. The molecule has 4 nitrogen and oxygen atoms in total. The van der Waals surface area contributed by atoms with Crippen molar-refractivity contribution < 1.29 is 4.74 Å². The minimum Gasteiger partial charge on any atom is -0.379 e. The third-order valence-electron chi connectivity index (χ3n) is 4.96. The first-order valence-corrected chi connectivity index (χ1v) is 11.4. The second-order valence-electron chi connectivity index (χ2n) is 8.11. The molecule has 0 aliphatic carbocycles. The number of rotatable bonds is 9. The predicted molar refractivity (Wildman–Crippen MR) is 123 cm³/mol. The van der Waals surface area contributed by atoms with E-state index in [4.69, 9.17) is 62.7 Å². The van der Waals surface area contributed by atoms with Crippen molar-refractivity contribution in [2.45, 2.75) is 65.0 Å². The Morgan fingerprint density at radius 3 is 2.00 bits per heavy atom. The molecule has 0 amide bonds. The predicted octanol–water partition coefficient (Wildman–Crippen LogP) is 7.95. The Kier molecular flexibility index (Phi) is 9.39. The fourth-order valence-electron chi connectivity index (χ4n) is 3.60. The van der Waals surface area contributed by atoms with Crippen LogP contribution >= 0.6 is 58.0 Å². The Labute approximate surface area is 197 Å². The van der Waals surface area contributed by atoms with Gasteiger partial charge in [0.15, 0.2) is 0 Å². The largest absolute Gasteiger partial charge is 0.379 e. The van der Waals surface area contributed by atoms with E-state index in [0.717, 1.165) is 31.2 Å². The SMILES string of the molecule is COC(C(CCCCCc1c(Cl)c(Cl)c(Cl)c(Cl)c1Cl)n1cncn1)C(C)(C)C. The van der Waals surface area contributed by atoms with Crippen molar-refractivity contribution in [2.24, 2.45) is 5.41 Å². The fourth-order valence-corrected chi connectivity index (χ4v) is 4.97. The summed E-state index contributed by atoms with van der Waals surface area (Å²) in [6, 6.07) is 0.106. The van der Waals surface area contributed by atoms with Gasteiger partial charge in [-0.05, 0) is 30.2 Å². The van der Waals surface area contributed by atoms with Gasteiger partial charge in [-0.3, -0.25) is 0 Å². The highest BCUT2D eigenvalue weighted by Crippen LogP contribution is 2.44. The van der Waals surface area contributed by atoms with Gasteiger partial charge in [0.1, 0.15) is 12.7 Å². The highest BCUT2D eigenvalue weighted by atomic mass is 35.5. The summed E-state index contributed by atoms with van der Waals surface area (Å²) in [5.74, 6) is 0. The van der Waals surface area contributed by atoms with E-state index in [1.807, 2.05) is 4.68 Å². The molecule has 162 valence electrons. The zero-order valence-corrected chi connectivity index (χ0v) is 20.8. The van der Waals surface area contributed by atoms with Gasteiger partial charge in [0, 0.05) is 7.11 Å². The van der Waals surface area contributed by atoms with Gasteiger partial charge in [0.25, 0.3) is 0 Å². The highest BCUT2D eigenvalue weighted by Gasteiger charge is 2.33. The van der Waals surface area contributed by atoms with E-state index in [-0.39, 0.29) is 32.6 Å². The molecule has 2 aromatic rings. The number of benzene rings is 1. The molecule has 2 rings (SSSR count). The summed E-state index contributed by atoms with van der Waals surface area (Å²) < 4.78 is 7.73. The lowest BCUT2D eigenvalue weighted by Gasteiger charge is -2.36. The summed E-state index contributed by atoms with van der Waals surface area (Å²) in [4.78, 5) is 4.10. The van der Waals surface area contributed by atoms with Crippen molar-refractivity contribution >= 4 is 58.0 Å². The topological polar surface area (TPSA) is 39.9 Å². The van der Waals surface area contributed by atoms with E-state index in [1.165, 1.54) is 0 Å². The second-order valence-corrected chi connectivity index (χ2v) is 10.0. The molecule has 0 radical (unpaired) electrons. The molecule has 0 aliphatic rings. The van der Waals surface area contributed by atoms with Crippen LogP contribution < -0.4 is 0 Å². The van der Waals surface area contributed by atoms with Gasteiger partial charge in [-0.25, -0.2) is 9.67 Å². The number of nitrogens with zero attached hydrogens (tertiary/aromatic N) is 3. The van der Waals surface area contributed by atoms with Crippen LogP contribution in [0.2, 0.25) is 25.1 Å². The first-order chi connectivity index (χ1) is 13.6. The number of aromatic nitrogens is 3. The van der Waals surface area contributed by atoms with Gasteiger partial charge < -0.3 is 4.74 Å². The van der Waals surface area contributed by atoms with Gasteiger partial charge in [-0.15, -0.1) is 0 Å². The van der Waals surface area contributed by atoms with Crippen LogP contribution in [0.1, 0.15) is 58.1 Å². The molecular formula is C20H26Cl5N3O. The maximum atomic E-state index is 6.32. The molecule has 1 aromatic carbocycles. The maximum Gasteiger partial charge on any atom is 0.137 e. The van der Waals surface area contributed by atoms with Crippen LogP contribution in [0.3, 0.4) is 0 Å². The molecule has 2 atom stereocenters. The Morgan fingerprint density at radius 1 is 0.931 bits per heavy atom. The third-order valence-corrected chi connectivity index (χ3v) is 7.32. The van der Waals surface area contributed by atoms with E-state index >= 15 is 0 Å². The Hall–Kier alpha value is -0.230. The number of hydrogen-bond acceptors (Lipinski definition) is 3. The van der Waals surface area contributed by atoms with E-state index in [9.17, 15) is 0 Å². The summed E-state index contributed by atoms with van der Waals surface area (Å²) in [7, 11) is 1.75. The lowest BCUT2D eigenvalue weighted by Crippen LogP contribution is -2.37. The molecule has 9 heteroatoms. The smallest absolute Gasteiger partial charge is 0.137 e. The minimum absolute atomic E-state index is 0.0157. The van der Waals surface area contributed by atoms with Crippen LogP contribution in [-0.2, 0) is 11.2 Å². The number of methoxy groups -OCH3 is 1. The van der Waals surface area contributed by atoms with E-state index in [1.54, 1.807) is 19.8 Å². The first kappa shape index (κ1) is 25.0. The van der Waals surface area contributed by atoms with Crippen LogP contribution in [0, 0.1) is 5.41 Å². The van der Waals surface area contributed by atoms with Crippen molar-refractivity contribution in [3.8, 4) is 0 Å². The van der Waals surface area contributed by atoms with Gasteiger partial charge in [-0.1, -0.05) is 91.6 Å². The van der Waals surface area contributed by atoms with Crippen LogP contribution in [-0.4, -0.2) is 28.0 Å². The fraction of sp³-hybridized carbons (Fsp3) is 0.600. The lowest BCUT2D eigenvalue weighted by atomic mass is 9.82. The summed E-state index contributed by atoms with van der Waals surface area (Å²) >= 11 is 31.0. The Balaban J connectivity index is 2.00. The normalized spacial score (nSPS) is 14.2. The molecule has 0 saturated carbocycles. The van der Waals surface area contributed by atoms with Crippen molar-refractivity contribution in [2.75, 3.05) is 7.11 Å². The number of hydrogen-bond donors (Lipinski definition) is 0. The first-order valence-electron chi connectivity index (χ1n) is 9.46. The van der Waals surface area contributed by atoms with Crippen LogP contribution in [0.15, 0.2) is 12.7 Å². The molecule has 0 spiro atoms. The monoisotopic (exact) mass is 499 g/mol. The summed E-state index contributed by atoms with van der Waals surface area (Å²) in [6.07, 6.45) is 7.78. The standard InChI is InChI=1S/C20H26Cl5N3O/c1-20(2,3)19(29-4)13(28-11-26-10-27-28)9-7-5-6-8-12-14(21)16(23)18(25)17(24)15(12)22/h10-11,13,19H,5-9H2,1-4H3. The van der Waals surface area contributed by atoms with Crippen molar-refractivity contribution in [3.63, 3.8) is 0 Å². The van der Waals surface area contributed by atoms with Crippen LogP contribution in [0.25, 0.3) is 0 Å². The number of unbranched alkanes of at least 4 members (excludes halogenated alkanes) is 2. The molecule has 0 saturated heterocycles. The Bertz CT molecular complexity index is 776. The zero-order valence-electron chi connectivity index (χ0n) is 17.0. The molecule has 0 N–H and O–H groups in total. The maximum absolute atomic E-state index is 6.32. The van der Waals surface area contributed by atoms with Gasteiger partial charge >= 0.3 is 0 Å². The molecule has 0 bridgehead atoms. The molecule has 0 aliphatic heterocycles. The van der Waals surface area contributed by atoms with E-state index in [2.05, 4.69) is 30.9 Å². The van der Waals surface area contributed by atoms with Crippen molar-refractivity contribution in [3.05, 3.63) is 43.3 Å². The zero-order chi connectivity index (χ0) is 21.8. The molecule has 1 aromatic heterocycles. The van der Waals surface area contributed by atoms with Gasteiger partial charge in [0.05, 0.1) is 37.3 Å². The minimum atomic E-state index is -0.0246. The van der Waals surface area contributed by atoms with Crippen LogP contribution in [0.5, 0.6) is 0 Å². The van der Waals surface area contributed by atoms with Crippen molar-refractivity contribution in [1.82, 2.24) is 14.8 Å². The van der Waals surface area contributed by atoms with Gasteiger partial charge in [-0.2, -0.15) is 5.10 Å². The van der Waals surface area contributed by atoms with Crippen LogP contribution in [0.4, 0.5) is 0 Å². The molecule has 2 unspecified atom stereocenters.